The van der Waals surface area contributed by atoms with Crippen molar-refractivity contribution in [1.82, 2.24) is 0 Å². The lowest BCUT2D eigenvalue weighted by Crippen LogP contribution is -2.13. The highest BCUT2D eigenvalue weighted by Gasteiger charge is 2.08. The van der Waals surface area contributed by atoms with Crippen molar-refractivity contribution < 1.29 is 14.3 Å². The summed E-state index contributed by atoms with van der Waals surface area (Å²) in [4.78, 5) is 22.2. The van der Waals surface area contributed by atoms with Crippen LogP contribution in [-0.4, -0.2) is 23.5 Å². The summed E-state index contributed by atoms with van der Waals surface area (Å²) in [5.41, 5.74) is 3.81. The predicted molar refractivity (Wildman–Crippen MR) is 70.0 cm³/mol. The fourth-order valence-electron chi connectivity index (χ4n) is 1.13. The molecule has 1 aromatic carbocycles. The van der Waals surface area contributed by atoms with Gasteiger partial charge in [-0.15, -0.1) is 0 Å². The Morgan fingerprint density at radius 2 is 1.94 bits per heavy atom. The third-order valence-electron chi connectivity index (χ3n) is 2.02. The van der Waals surface area contributed by atoms with Crippen LogP contribution in [0.1, 0.15) is 24.2 Å². The monoisotopic (exact) mass is 268 g/mol. The third kappa shape index (κ3) is 4.18. The molecule has 0 spiro atoms. The van der Waals surface area contributed by atoms with Gasteiger partial charge in [0.25, 0.3) is 0 Å². The number of nitrogens with one attached hydrogen (secondary N) is 1. The maximum atomic E-state index is 11.1. The van der Waals surface area contributed by atoms with Crippen molar-refractivity contribution in [1.29, 1.82) is 0 Å². The van der Waals surface area contributed by atoms with Crippen LogP contribution in [0.3, 0.4) is 0 Å². The van der Waals surface area contributed by atoms with Gasteiger partial charge in [-0.25, -0.2) is 4.79 Å². The van der Waals surface area contributed by atoms with E-state index in [0.29, 0.717) is 11.3 Å². The van der Waals surface area contributed by atoms with E-state index in [2.05, 4.69) is 15.3 Å². The summed E-state index contributed by atoms with van der Waals surface area (Å²) in [6, 6.07) is 6.63. The number of Topliss-reactive ketones (excluding diaryl/α,β-unsaturated/α-hetero) is 1. The maximum Gasteiger partial charge on any atom is 0.370 e. The lowest BCUT2D eigenvalue weighted by molar-refractivity contribution is -0.134. The lowest BCUT2D eigenvalue weighted by atomic mass is 10.1. The maximum absolute atomic E-state index is 11.1. The van der Waals surface area contributed by atoms with Gasteiger partial charge in [0, 0.05) is 5.56 Å². The zero-order valence-electron chi connectivity index (χ0n) is 10.1. The van der Waals surface area contributed by atoms with Gasteiger partial charge in [-0.1, -0.05) is 11.6 Å². The zero-order valence-corrected chi connectivity index (χ0v) is 10.8. The first kappa shape index (κ1) is 14.2. The molecular formula is C12H13ClN2O3. The molecule has 0 aliphatic rings. The van der Waals surface area contributed by atoms with Crippen molar-refractivity contribution in [2.24, 2.45) is 5.10 Å². The SMILES string of the molecule is CCOC(=O)/C(Cl)=N/Nc1ccc(C(C)=O)cc1. The fourth-order valence-corrected chi connectivity index (χ4v) is 1.23. The fraction of sp³-hybridized carbons (Fsp3) is 0.250. The highest BCUT2D eigenvalue weighted by molar-refractivity contribution is 6.82. The molecule has 0 unspecified atom stereocenters. The number of ether oxygens (including phenoxy) is 1. The molecule has 5 nitrogen and oxygen atoms in total. The number of ketones is 1. The van der Waals surface area contributed by atoms with Crippen LogP contribution < -0.4 is 5.43 Å². The van der Waals surface area contributed by atoms with E-state index in [9.17, 15) is 9.59 Å². The first-order valence-electron chi connectivity index (χ1n) is 5.32. The van der Waals surface area contributed by atoms with Crippen molar-refractivity contribution in [3.63, 3.8) is 0 Å². The summed E-state index contributed by atoms with van der Waals surface area (Å²) in [5.74, 6) is -0.707. The normalized spacial score (nSPS) is 10.9. The molecule has 0 amide bonds. The Balaban J connectivity index is 2.65. The van der Waals surface area contributed by atoms with E-state index in [0.717, 1.165) is 0 Å². The van der Waals surface area contributed by atoms with Gasteiger partial charge >= 0.3 is 5.97 Å². The number of esters is 1. The number of benzene rings is 1. The molecule has 1 N–H and O–H groups in total. The minimum absolute atomic E-state index is 0.0189. The Labute approximate surface area is 110 Å². The van der Waals surface area contributed by atoms with Crippen LogP contribution in [-0.2, 0) is 9.53 Å². The van der Waals surface area contributed by atoms with Crippen LogP contribution >= 0.6 is 11.6 Å². The number of carbonyl (C=O) groups is 2. The third-order valence-corrected chi connectivity index (χ3v) is 2.26. The highest BCUT2D eigenvalue weighted by Crippen LogP contribution is 2.10. The summed E-state index contributed by atoms with van der Waals surface area (Å²) in [5, 5.41) is 3.38. The number of halogens is 1. The van der Waals surface area contributed by atoms with E-state index < -0.39 is 5.97 Å². The molecule has 0 bridgehead atoms. The molecule has 1 rings (SSSR count). The van der Waals surface area contributed by atoms with Gasteiger partial charge in [-0.2, -0.15) is 5.10 Å². The number of anilines is 1. The molecule has 0 atom stereocenters. The molecule has 0 aliphatic carbocycles. The van der Waals surface area contributed by atoms with Crippen LogP contribution in [0.4, 0.5) is 5.69 Å². The molecule has 0 radical (unpaired) electrons. The van der Waals surface area contributed by atoms with E-state index in [-0.39, 0.29) is 17.6 Å². The Morgan fingerprint density at radius 3 is 2.44 bits per heavy atom. The number of hydrazone groups is 1. The molecule has 0 saturated carbocycles. The van der Waals surface area contributed by atoms with Gasteiger partial charge < -0.3 is 4.74 Å². The second-order valence-electron chi connectivity index (χ2n) is 3.37. The Morgan fingerprint density at radius 1 is 1.33 bits per heavy atom. The topological polar surface area (TPSA) is 67.8 Å². The summed E-state index contributed by atoms with van der Waals surface area (Å²) in [6.45, 7) is 3.39. The van der Waals surface area contributed by atoms with Crippen LogP contribution in [0.2, 0.25) is 0 Å². The van der Waals surface area contributed by atoms with Crippen molar-refractivity contribution >= 4 is 34.2 Å². The Kier molecular flexibility index (Phi) is 5.32. The number of rotatable bonds is 5. The summed E-state index contributed by atoms with van der Waals surface area (Å²) in [7, 11) is 0. The van der Waals surface area contributed by atoms with Crippen molar-refractivity contribution in [2.75, 3.05) is 12.0 Å². The minimum atomic E-state index is -0.688. The van der Waals surface area contributed by atoms with Crippen LogP contribution in [0.5, 0.6) is 0 Å². The minimum Gasteiger partial charge on any atom is -0.461 e. The lowest BCUT2D eigenvalue weighted by Gasteiger charge is -2.02. The standard InChI is InChI=1S/C12H13ClN2O3/c1-3-18-12(17)11(13)15-14-10-6-4-9(5-7-10)8(2)16/h4-7,14H,3H2,1-2H3/b15-11-. The van der Waals surface area contributed by atoms with Crippen LogP contribution in [0.15, 0.2) is 29.4 Å². The van der Waals surface area contributed by atoms with Crippen molar-refractivity contribution in [2.45, 2.75) is 13.8 Å². The van der Waals surface area contributed by atoms with Gasteiger partial charge in [-0.05, 0) is 38.1 Å². The van der Waals surface area contributed by atoms with Crippen LogP contribution in [0.25, 0.3) is 0 Å². The van der Waals surface area contributed by atoms with E-state index >= 15 is 0 Å². The first-order valence-corrected chi connectivity index (χ1v) is 5.69. The Bertz CT molecular complexity index is 469. The largest absolute Gasteiger partial charge is 0.461 e. The highest BCUT2D eigenvalue weighted by atomic mass is 35.5. The number of carbonyl (C=O) groups excluding carboxylic acids is 2. The quantitative estimate of drug-likeness (QED) is 0.385. The molecule has 0 saturated heterocycles. The summed E-state index contributed by atoms with van der Waals surface area (Å²) in [6.07, 6.45) is 0. The van der Waals surface area contributed by atoms with E-state index in [4.69, 9.17) is 11.6 Å². The Hall–Kier alpha value is -1.88. The van der Waals surface area contributed by atoms with E-state index in [1.807, 2.05) is 0 Å². The van der Waals surface area contributed by atoms with Gasteiger partial charge in [0.1, 0.15) is 0 Å². The number of nitrogens with zero attached hydrogens (tertiary/aromatic N) is 1. The average molecular weight is 269 g/mol. The molecule has 18 heavy (non-hydrogen) atoms. The van der Waals surface area contributed by atoms with Gasteiger partial charge in [-0.3, -0.25) is 10.2 Å². The van der Waals surface area contributed by atoms with Gasteiger partial charge in [0.05, 0.1) is 12.3 Å². The molecule has 96 valence electrons. The van der Waals surface area contributed by atoms with Gasteiger partial charge in [0.2, 0.25) is 5.17 Å². The summed E-state index contributed by atoms with van der Waals surface area (Å²) < 4.78 is 4.66. The molecule has 0 aromatic heterocycles. The number of hydrogen-bond donors (Lipinski definition) is 1. The first-order chi connectivity index (χ1) is 8.54. The summed E-state index contributed by atoms with van der Waals surface area (Å²) >= 11 is 5.60. The zero-order chi connectivity index (χ0) is 13.5. The number of hydrogen-bond acceptors (Lipinski definition) is 5. The molecule has 1 aromatic rings. The smallest absolute Gasteiger partial charge is 0.370 e. The van der Waals surface area contributed by atoms with Crippen LogP contribution in [0, 0.1) is 0 Å². The predicted octanol–water partition coefficient (Wildman–Crippen LogP) is 2.42. The van der Waals surface area contributed by atoms with Gasteiger partial charge in [0.15, 0.2) is 5.78 Å². The van der Waals surface area contributed by atoms with Crippen molar-refractivity contribution in [3.8, 4) is 0 Å². The molecule has 0 aliphatic heterocycles. The second kappa shape index (κ2) is 6.76. The molecule has 0 fully saturated rings. The molecule has 0 heterocycles. The van der Waals surface area contributed by atoms with E-state index in [1.54, 1.807) is 31.2 Å². The van der Waals surface area contributed by atoms with E-state index in [1.165, 1.54) is 6.92 Å². The molecule has 6 heteroatoms. The second-order valence-corrected chi connectivity index (χ2v) is 3.73. The molecular weight excluding hydrogens is 256 g/mol. The van der Waals surface area contributed by atoms with Crippen molar-refractivity contribution in [3.05, 3.63) is 29.8 Å². The average Bonchev–Trinajstić information content (AvgIpc) is 2.36.